The van der Waals surface area contributed by atoms with Gasteiger partial charge in [0.05, 0.1) is 11.4 Å². The number of H-pyrrole nitrogens is 1. The molecule has 0 saturated carbocycles. The first-order valence-electron chi connectivity index (χ1n) is 6.03. The molecule has 0 unspecified atom stereocenters. The average molecular weight is 271 g/mol. The number of hydrogen-bond donors (Lipinski definition) is 3. The second-order valence-electron chi connectivity index (χ2n) is 4.48. The average Bonchev–Trinajstić information content (AvgIpc) is 2.92. The van der Waals surface area contributed by atoms with E-state index in [1.807, 2.05) is 0 Å². The van der Waals surface area contributed by atoms with Crippen molar-refractivity contribution in [2.24, 2.45) is 0 Å². The van der Waals surface area contributed by atoms with E-state index < -0.39 is 0 Å². The molecule has 0 atom stereocenters. The van der Waals surface area contributed by atoms with Crippen molar-refractivity contribution in [3.63, 3.8) is 0 Å². The summed E-state index contributed by atoms with van der Waals surface area (Å²) in [6.45, 7) is 3.52. The molecule has 2 heterocycles. The zero-order chi connectivity index (χ0) is 14.3. The third-order valence-corrected chi connectivity index (χ3v) is 2.96. The lowest BCUT2D eigenvalue weighted by atomic mass is 10.2. The fourth-order valence-corrected chi connectivity index (χ4v) is 1.92. The molecule has 0 aliphatic rings. The number of hydrogen-bond acceptors (Lipinski definition) is 5. The minimum atomic E-state index is -0.369. The molecule has 0 bridgehead atoms. The van der Waals surface area contributed by atoms with Gasteiger partial charge in [-0.1, -0.05) is 0 Å². The Labute approximate surface area is 114 Å². The second kappa shape index (κ2) is 4.37. The molecule has 2 aromatic heterocycles. The molecule has 0 spiro atoms. The lowest BCUT2D eigenvalue weighted by Gasteiger charge is -2.03. The number of aromatic amines is 1. The fourth-order valence-electron chi connectivity index (χ4n) is 1.92. The standard InChI is InChI=1S/C13H13N5O2/c1-6-11(14)12(18-17-6)13(19)16-8-3-4-10-9(5-8)15-7(2)20-10/h3-5H,14H2,1-2H3,(H,16,19)(H,17,18). The van der Waals surface area contributed by atoms with E-state index in [-0.39, 0.29) is 11.6 Å². The lowest BCUT2D eigenvalue weighted by Crippen LogP contribution is -2.14. The van der Waals surface area contributed by atoms with Crippen molar-refractivity contribution >= 4 is 28.4 Å². The van der Waals surface area contributed by atoms with Crippen LogP contribution in [-0.4, -0.2) is 21.1 Å². The van der Waals surface area contributed by atoms with Crippen LogP contribution in [0.15, 0.2) is 22.6 Å². The molecule has 4 N–H and O–H groups in total. The highest BCUT2D eigenvalue weighted by Crippen LogP contribution is 2.21. The normalized spacial score (nSPS) is 10.9. The Morgan fingerprint density at radius 2 is 2.20 bits per heavy atom. The fraction of sp³-hybridized carbons (Fsp3) is 0.154. The van der Waals surface area contributed by atoms with Gasteiger partial charge in [0.2, 0.25) is 0 Å². The Morgan fingerprint density at radius 3 is 2.90 bits per heavy atom. The highest BCUT2D eigenvalue weighted by molar-refractivity contribution is 6.07. The van der Waals surface area contributed by atoms with Gasteiger partial charge >= 0.3 is 0 Å². The summed E-state index contributed by atoms with van der Waals surface area (Å²) in [6.07, 6.45) is 0. The Bertz CT molecular complexity index is 802. The Hall–Kier alpha value is -2.83. The number of nitrogens with two attached hydrogens (primary N) is 1. The van der Waals surface area contributed by atoms with Gasteiger partial charge in [0.25, 0.3) is 5.91 Å². The number of oxazole rings is 1. The van der Waals surface area contributed by atoms with Gasteiger partial charge in [0, 0.05) is 12.6 Å². The third kappa shape index (κ3) is 1.99. The van der Waals surface area contributed by atoms with Crippen LogP contribution < -0.4 is 11.1 Å². The second-order valence-corrected chi connectivity index (χ2v) is 4.48. The number of carbonyl (C=O) groups excluding carboxylic acids is 1. The van der Waals surface area contributed by atoms with Crippen LogP contribution in [0.4, 0.5) is 11.4 Å². The van der Waals surface area contributed by atoms with Crippen molar-refractivity contribution in [3.8, 4) is 0 Å². The molecule has 0 fully saturated rings. The van der Waals surface area contributed by atoms with Gasteiger partial charge in [-0.25, -0.2) is 4.98 Å². The first-order chi connectivity index (χ1) is 9.54. The monoisotopic (exact) mass is 271 g/mol. The van der Waals surface area contributed by atoms with Crippen LogP contribution in [0.1, 0.15) is 22.1 Å². The van der Waals surface area contributed by atoms with E-state index >= 15 is 0 Å². The van der Waals surface area contributed by atoms with E-state index in [0.29, 0.717) is 34.1 Å². The molecule has 0 aliphatic heterocycles. The van der Waals surface area contributed by atoms with E-state index in [4.69, 9.17) is 10.2 Å². The Kier molecular flexibility index (Phi) is 2.67. The zero-order valence-electron chi connectivity index (χ0n) is 11.0. The minimum absolute atomic E-state index is 0.180. The summed E-state index contributed by atoms with van der Waals surface area (Å²) in [5.74, 6) is 0.210. The number of aryl methyl sites for hydroxylation is 2. The number of aromatic nitrogens is 3. The number of amides is 1. The molecule has 7 nitrogen and oxygen atoms in total. The summed E-state index contributed by atoms with van der Waals surface area (Å²) in [6, 6.07) is 5.23. The maximum Gasteiger partial charge on any atom is 0.278 e. The Morgan fingerprint density at radius 1 is 1.40 bits per heavy atom. The molecule has 102 valence electrons. The molecule has 0 saturated heterocycles. The largest absolute Gasteiger partial charge is 0.441 e. The first-order valence-corrected chi connectivity index (χ1v) is 6.03. The van der Waals surface area contributed by atoms with Crippen molar-refractivity contribution in [2.75, 3.05) is 11.1 Å². The lowest BCUT2D eigenvalue weighted by molar-refractivity contribution is 0.102. The number of nitrogens with zero attached hydrogens (tertiary/aromatic N) is 2. The van der Waals surface area contributed by atoms with Crippen molar-refractivity contribution in [1.82, 2.24) is 15.2 Å². The summed E-state index contributed by atoms with van der Waals surface area (Å²) in [4.78, 5) is 16.3. The summed E-state index contributed by atoms with van der Waals surface area (Å²) < 4.78 is 5.37. The number of nitrogen functional groups attached to an aromatic ring is 1. The smallest absolute Gasteiger partial charge is 0.278 e. The van der Waals surface area contributed by atoms with Gasteiger partial charge in [0.1, 0.15) is 5.52 Å². The number of rotatable bonds is 2. The number of anilines is 2. The summed E-state index contributed by atoms with van der Waals surface area (Å²) in [7, 11) is 0. The molecule has 1 amide bonds. The number of carbonyl (C=O) groups is 1. The Balaban J connectivity index is 1.88. The van der Waals surface area contributed by atoms with Gasteiger partial charge < -0.3 is 15.5 Å². The summed E-state index contributed by atoms with van der Waals surface area (Å²) in [5, 5.41) is 9.29. The molecule has 3 rings (SSSR count). The van der Waals surface area contributed by atoms with Crippen LogP contribution >= 0.6 is 0 Å². The van der Waals surface area contributed by atoms with Gasteiger partial charge in [0.15, 0.2) is 17.2 Å². The third-order valence-electron chi connectivity index (χ3n) is 2.96. The van der Waals surface area contributed by atoms with Crippen LogP contribution in [-0.2, 0) is 0 Å². The van der Waals surface area contributed by atoms with E-state index in [1.165, 1.54) is 0 Å². The SMILES string of the molecule is Cc1nc2cc(NC(=O)c3n[nH]c(C)c3N)ccc2o1. The van der Waals surface area contributed by atoms with Crippen molar-refractivity contribution < 1.29 is 9.21 Å². The molecular formula is C13H13N5O2. The van der Waals surface area contributed by atoms with Gasteiger partial charge in [-0.2, -0.15) is 5.10 Å². The number of fused-ring (bicyclic) bond motifs is 1. The first kappa shape index (κ1) is 12.2. The maximum absolute atomic E-state index is 12.1. The number of nitrogens with one attached hydrogen (secondary N) is 2. The van der Waals surface area contributed by atoms with Crippen LogP contribution in [0.3, 0.4) is 0 Å². The zero-order valence-corrected chi connectivity index (χ0v) is 11.0. The van der Waals surface area contributed by atoms with Crippen LogP contribution in [0.2, 0.25) is 0 Å². The molecular weight excluding hydrogens is 258 g/mol. The molecule has 7 heteroatoms. The quantitative estimate of drug-likeness (QED) is 0.660. The molecule has 3 aromatic rings. The minimum Gasteiger partial charge on any atom is -0.441 e. The summed E-state index contributed by atoms with van der Waals surface area (Å²) in [5.41, 5.74) is 8.93. The van der Waals surface area contributed by atoms with Crippen LogP contribution in [0, 0.1) is 13.8 Å². The van der Waals surface area contributed by atoms with E-state index in [9.17, 15) is 4.79 Å². The predicted octanol–water partition coefficient (Wildman–Crippen LogP) is 2.00. The van der Waals surface area contributed by atoms with Crippen LogP contribution in [0.5, 0.6) is 0 Å². The van der Waals surface area contributed by atoms with Gasteiger partial charge in [-0.3, -0.25) is 9.89 Å². The topological polar surface area (TPSA) is 110 Å². The molecule has 1 aromatic carbocycles. The molecule has 0 radical (unpaired) electrons. The summed E-state index contributed by atoms with van der Waals surface area (Å²) >= 11 is 0. The van der Waals surface area contributed by atoms with E-state index in [1.54, 1.807) is 32.0 Å². The van der Waals surface area contributed by atoms with Crippen molar-refractivity contribution in [2.45, 2.75) is 13.8 Å². The van der Waals surface area contributed by atoms with E-state index in [0.717, 1.165) is 0 Å². The van der Waals surface area contributed by atoms with E-state index in [2.05, 4.69) is 20.5 Å². The number of benzene rings is 1. The highest BCUT2D eigenvalue weighted by Gasteiger charge is 2.15. The van der Waals surface area contributed by atoms with Crippen LogP contribution in [0.25, 0.3) is 11.1 Å². The predicted molar refractivity (Wildman–Crippen MR) is 74.4 cm³/mol. The molecule has 20 heavy (non-hydrogen) atoms. The highest BCUT2D eigenvalue weighted by atomic mass is 16.3. The van der Waals surface area contributed by atoms with Crippen molar-refractivity contribution in [3.05, 3.63) is 35.5 Å². The maximum atomic E-state index is 12.1. The van der Waals surface area contributed by atoms with Gasteiger partial charge in [-0.15, -0.1) is 0 Å². The van der Waals surface area contributed by atoms with Gasteiger partial charge in [-0.05, 0) is 25.1 Å². The van der Waals surface area contributed by atoms with Crippen molar-refractivity contribution in [1.29, 1.82) is 0 Å². The molecule has 0 aliphatic carbocycles.